The van der Waals surface area contributed by atoms with Crippen molar-refractivity contribution in [2.24, 2.45) is 0 Å². The van der Waals surface area contributed by atoms with Gasteiger partial charge in [0.05, 0.1) is 6.54 Å². The average Bonchev–Trinajstić information content (AvgIpc) is 2.72. The first-order valence-electron chi connectivity index (χ1n) is 5.38. The van der Waals surface area contributed by atoms with Crippen LogP contribution in [0.1, 0.15) is 24.3 Å². The lowest BCUT2D eigenvalue weighted by molar-refractivity contribution is 0.447. The second-order valence-electron chi connectivity index (χ2n) is 3.86. The van der Waals surface area contributed by atoms with Gasteiger partial charge in [-0.1, -0.05) is 23.7 Å². The van der Waals surface area contributed by atoms with Crippen LogP contribution in [0.25, 0.3) is 0 Å². The monoisotopic (exact) mass is 313 g/mol. The lowest BCUT2D eigenvalue weighted by Crippen LogP contribution is -2.17. The van der Waals surface area contributed by atoms with Gasteiger partial charge < -0.3 is 9.73 Å². The molecule has 0 amide bonds. The van der Waals surface area contributed by atoms with Crippen LogP contribution in [0.3, 0.4) is 0 Å². The molecule has 2 nitrogen and oxygen atoms in total. The summed E-state index contributed by atoms with van der Waals surface area (Å²) in [7, 11) is 0. The van der Waals surface area contributed by atoms with Crippen LogP contribution in [-0.4, -0.2) is 0 Å². The van der Waals surface area contributed by atoms with E-state index < -0.39 is 0 Å². The maximum atomic E-state index is 5.96. The van der Waals surface area contributed by atoms with E-state index in [4.69, 9.17) is 16.0 Å². The number of benzene rings is 1. The van der Waals surface area contributed by atoms with Gasteiger partial charge in [-0.2, -0.15) is 0 Å². The van der Waals surface area contributed by atoms with Crippen molar-refractivity contribution in [3.63, 3.8) is 0 Å². The molecule has 0 unspecified atom stereocenters. The highest BCUT2D eigenvalue weighted by molar-refractivity contribution is 9.10. The van der Waals surface area contributed by atoms with E-state index >= 15 is 0 Å². The number of hydrogen-bond acceptors (Lipinski definition) is 2. The Labute approximate surface area is 114 Å². The Balaban J connectivity index is 1.95. The van der Waals surface area contributed by atoms with Crippen molar-refractivity contribution < 1.29 is 4.42 Å². The first kappa shape index (κ1) is 12.7. The number of furan rings is 1. The molecule has 0 saturated heterocycles. The molecule has 0 spiro atoms. The smallest absolute Gasteiger partial charge is 0.169 e. The normalized spacial score (nSPS) is 12.6. The van der Waals surface area contributed by atoms with Crippen LogP contribution in [-0.2, 0) is 6.54 Å². The summed E-state index contributed by atoms with van der Waals surface area (Å²) in [5, 5.41) is 4.14. The fourth-order valence-electron chi connectivity index (χ4n) is 1.59. The van der Waals surface area contributed by atoms with Crippen LogP contribution in [0.15, 0.2) is 45.5 Å². The molecule has 0 radical (unpaired) electrons. The van der Waals surface area contributed by atoms with Crippen molar-refractivity contribution in [2.75, 3.05) is 0 Å². The van der Waals surface area contributed by atoms with Gasteiger partial charge in [0.1, 0.15) is 5.76 Å². The third-order valence-corrected chi connectivity index (χ3v) is 3.22. The first-order valence-corrected chi connectivity index (χ1v) is 6.55. The molecule has 2 aromatic rings. The summed E-state index contributed by atoms with van der Waals surface area (Å²) in [6, 6.07) is 11.9. The van der Waals surface area contributed by atoms with Gasteiger partial charge in [0.2, 0.25) is 0 Å². The summed E-state index contributed by atoms with van der Waals surface area (Å²) in [6.45, 7) is 2.79. The highest BCUT2D eigenvalue weighted by Gasteiger charge is 2.06. The van der Waals surface area contributed by atoms with Gasteiger partial charge in [-0.25, -0.2) is 0 Å². The summed E-state index contributed by atoms with van der Waals surface area (Å²) < 4.78 is 6.18. The Kier molecular flexibility index (Phi) is 4.26. The zero-order chi connectivity index (χ0) is 12.3. The molecule has 0 fully saturated rings. The summed E-state index contributed by atoms with van der Waals surface area (Å²) in [4.78, 5) is 0. The zero-order valence-corrected chi connectivity index (χ0v) is 11.8. The van der Waals surface area contributed by atoms with Crippen molar-refractivity contribution in [1.29, 1.82) is 0 Å². The molecular formula is C13H13BrClNO. The quantitative estimate of drug-likeness (QED) is 0.896. The van der Waals surface area contributed by atoms with Crippen LogP contribution in [0.4, 0.5) is 0 Å². The number of nitrogens with one attached hydrogen (secondary N) is 1. The summed E-state index contributed by atoms with van der Waals surface area (Å²) in [6.07, 6.45) is 0. The molecule has 1 N–H and O–H groups in total. The summed E-state index contributed by atoms with van der Waals surface area (Å²) in [5.41, 5.74) is 1.17. The minimum atomic E-state index is 0.234. The van der Waals surface area contributed by atoms with Crippen LogP contribution in [0, 0.1) is 0 Å². The standard InChI is InChI=1S/C13H13BrClNO/c1-9(10-3-2-4-11(15)7-10)16-8-12-5-6-13(14)17-12/h2-7,9,16H,8H2,1H3/t9-/m0/s1. The predicted octanol–water partition coefficient (Wildman–Crippen LogP) is 4.55. The van der Waals surface area contributed by atoms with Gasteiger partial charge >= 0.3 is 0 Å². The van der Waals surface area contributed by atoms with Crippen molar-refractivity contribution in [3.8, 4) is 0 Å². The number of rotatable bonds is 4. The first-order chi connectivity index (χ1) is 8.15. The van der Waals surface area contributed by atoms with Gasteiger partial charge in [0, 0.05) is 11.1 Å². The third-order valence-electron chi connectivity index (χ3n) is 2.56. The number of hydrogen-bond donors (Lipinski definition) is 1. The number of halogens is 2. The largest absolute Gasteiger partial charge is 0.453 e. The van der Waals surface area contributed by atoms with Crippen molar-refractivity contribution in [1.82, 2.24) is 5.32 Å². The lowest BCUT2D eigenvalue weighted by Gasteiger charge is -2.13. The van der Waals surface area contributed by atoms with Crippen LogP contribution < -0.4 is 5.32 Å². The minimum absolute atomic E-state index is 0.234. The third kappa shape index (κ3) is 3.60. The highest BCUT2D eigenvalue weighted by Crippen LogP contribution is 2.19. The average molecular weight is 315 g/mol. The molecule has 4 heteroatoms. The lowest BCUT2D eigenvalue weighted by atomic mass is 10.1. The fourth-order valence-corrected chi connectivity index (χ4v) is 2.13. The van der Waals surface area contributed by atoms with Crippen molar-refractivity contribution in [2.45, 2.75) is 19.5 Å². The Morgan fingerprint density at radius 2 is 2.18 bits per heavy atom. The van der Waals surface area contributed by atoms with Crippen LogP contribution >= 0.6 is 27.5 Å². The van der Waals surface area contributed by atoms with Gasteiger partial charge in [0.25, 0.3) is 0 Å². The predicted molar refractivity (Wildman–Crippen MR) is 73.1 cm³/mol. The molecule has 90 valence electrons. The van der Waals surface area contributed by atoms with Gasteiger partial charge in [-0.15, -0.1) is 0 Å². The molecule has 1 aromatic heterocycles. The Morgan fingerprint density at radius 3 is 2.82 bits per heavy atom. The summed E-state index contributed by atoms with van der Waals surface area (Å²) >= 11 is 9.24. The zero-order valence-electron chi connectivity index (χ0n) is 9.41. The maximum absolute atomic E-state index is 5.96. The molecule has 0 aliphatic heterocycles. The molecule has 17 heavy (non-hydrogen) atoms. The molecule has 2 rings (SSSR count). The van der Waals surface area contributed by atoms with Gasteiger partial charge in [-0.05, 0) is 52.7 Å². The van der Waals surface area contributed by atoms with Gasteiger partial charge in [-0.3, -0.25) is 0 Å². The highest BCUT2D eigenvalue weighted by atomic mass is 79.9. The van der Waals surface area contributed by atoms with E-state index in [0.29, 0.717) is 6.54 Å². The molecule has 1 heterocycles. The Hall–Kier alpha value is -0.770. The Bertz CT molecular complexity index is 498. The van der Waals surface area contributed by atoms with Crippen LogP contribution in [0.5, 0.6) is 0 Å². The minimum Gasteiger partial charge on any atom is -0.453 e. The molecule has 0 aliphatic rings. The fraction of sp³-hybridized carbons (Fsp3) is 0.231. The maximum Gasteiger partial charge on any atom is 0.169 e. The topological polar surface area (TPSA) is 25.2 Å². The molecule has 1 aromatic carbocycles. The Morgan fingerprint density at radius 1 is 1.35 bits per heavy atom. The molecule has 0 bridgehead atoms. The molecule has 0 aliphatic carbocycles. The van der Waals surface area contributed by atoms with Gasteiger partial charge in [0.15, 0.2) is 4.67 Å². The van der Waals surface area contributed by atoms with E-state index in [9.17, 15) is 0 Å². The molecular weight excluding hydrogens is 302 g/mol. The van der Waals surface area contributed by atoms with E-state index in [1.165, 1.54) is 5.56 Å². The van der Waals surface area contributed by atoms with E-state index in [1.807, 2.05) is 30.3 Å². The van der Waals surface area contributed by atoms with Crippen molar-refractivity contribution in [3.05, 3.63) is 57.4 Å². The SMILES string of the molecule is C[C@H](NCc1ccc(Br)o1)c1cccc(Cl)c1. The van der Waals surface area contributed by atoms with Crippen LogP contribution in [0.2, 0.25) is 5.02 Å². The van der Waals surface area contributed by atoms with E-state index in [1.54, 1.807) is 0 Å². The van der Waals surface area contributed by atoms with E-state index in [0.717, 1.165) is 15.5 Å². The second kappa shape index (κ2) is 5.71. The van der Waals surface area contributed by atoms with Crippen molar-refractivity contribution >= 4 is 27.5 Å². The molecule has 1 atom stereocenters. The van der Waals surface area contributed by atoms with E-state index in [2.05, 4.69) is 34.2 Å². The summed E-state index contributed by atoms with van der Waals surface area (Å²) in [5.74, 6) is 0.908. The van der Waals surface area contributed by atoms with E-state index in [-0.39, 0.29) is 6.04 Å². The second-order valence-corrected chi connectivity index (χ2v) is 5.08. The molecule has 0 saturated carbocycles.